The Bertz CT molecular complexity index is 210. The Morgan fingerprint density at radius 3 is 2.39 bits per heavy atom. The normalized spacial score (nSPS) is 20.8. The summed E-state index contributed by atoms with van der Waals surface area (Å²) < 4.78 is 0. The molecule has 1 saturated heterocycles. The van der Waals surface area contributed by atoms with Gasteiger partial charge >= 0.3 is 0 Å². The van der Waals surface area contributed by atoms with Crippen LogP contribution in [0.4, 0.5) is 0 Å². The molecule has 0 radical (unpaired) electrons. The monoisotopic (exact) mass is 255 g/mol. The molecule has 0 amide bonds. The topological polar surface area (TPSA) is 32.5 Å². The maximum Gasteiger partial charge on any atom is 0.0117 e. The predicted molar refractivity (Wildman–Crippen MR) is 79.8 cm³/mol. The molecule has 1 aliphatic rings. The van der Waals surface area contributed by atoms with E-state index in [2.05, 4.69) is 37.7 Å². The van der Waals surface area contributed by atoms with Gasteiger partial charge in [0.15, 0.2) is 0 Å². The lowest BCUT2D eigenvalue weighted by Gasteiger charge is -2.35. The van der Waals surface area contributed by atoms with Crippen LogP contribution in [0.3, 0.4) is 0 Å². The molecule has 1 rings (SSSR count). The second-order valence-electron chi connectivity index (χ2n) is 6.54. The van der Waals surface area contributed by atoms with Crippen molar-refractivity contribution in [3.63, 3.8) is 0 Å². The fourth-order valence-electron chi connectivity index (χ4n) is 3.00. The molecule has 0 spiro atoms. The maximum absolute atomic E-state index is 5.88. The van der Waals surface area contributed by atoms with Crippen molar-refractivity contribution < 1.29 is 0 Å². The van der Waals surface area contributed by atoms with Gasteiger partial charge in [0.1, 0.15) is 0 Å². The summed E-state index contributed by atoms with van der Waals surface area (Å²) in [4.78, 5) is 5.00. The Hall–Kier alpha value is -0.120. The maximum atomic E-state index is 5.88. The van der Waals surface area contributed by atoms with Gasteiger partial charge in [-0.25, -0.2) is 0 Å². The third-order valence-electron chi connectivity index (χ3n) is 4.34. The highest BCUT2D eigenvalue weighted by atomic mass is 15.2. The quantitative estimate of drug-likeness (QED) is 0.755. The minimum absolute atomic E-state index is 0.707. The van der Waals surface area contributed by atoms with Gasteiger partial charge in [0.25, 0.3) is 0 Å². The second kappa shape index (κ2) is 8.13. The van der Waals surface area contributed by atoms with E-state index in [-0.39, 0.29) is 0 Å². The lowest BCUT2D eigenvalue weighted by atomic mass is 9.93. The predicted octanol–water partition coefficient (Wildman–Crippen LogP) is 2.02. The zero-order chi connectivity index (χ0) is 13.5. The molecule has 18 heavy (non-hydrogen) atoms. The Morgan fingerprint density at radius 1 is 1.28 bits per heavy atom. The highest BCUT2D eigenvalue weighted by Gasteiger charge is 2.21. The molecule has 108 valence electrons. The molecule has 1 fully saturated rings. The summed E-state index contributed by atoms with van der Waals surface area (Å²) in [6.07, 6.45) is 5.18. The van der Waals surface area contributed by atoms with Crippen molar-refractivity contribution in [2.24, 2.45) is 17.6 Å². The number of piperidine rings is 1. The first-order chi connectivity index (χ1) is 8.52. The molecule has 2 N–H and O–H groups in total. The van der Waals surface area contributed by atoms with Crippen molar-refractivity contribution in [1.29, 1.82) is 0 Å². The van der Waals surface area contributed by atoms with Crippen LogP contribution in [-0.4, -0.2) is 56.1 Å². The summed E-state index contributed by atoms with van der Waals surface area (Å²) in [5.74, 6) is 1.48. The molecule has 0 unspecified atom stereocenters. The van der Waals surface area contributed by atoms with Crippen molar-refractivity contribution >= 4 is 0 Å². The Morgan fingerprint density at radius 2 is 1.89 bits per heavy atom. The van der Waals surface area contributed by atoms with E-state index in [0.29, 0.717) is 5.92 Å². The summed E-state index contributed by atoms with van der Waals surface area (Å²) in [5.41, 5.74) is 5.88. The number of hydrogen-bond donors (Lipinski definition) is 1. The smallest absolute Gasteiger partial charge is 0.0117 e. The Balaban J connectivity index is 2.24. The molecule has 0 saturated carbocycles. The van der Waals surface area contributed by atoms with Crippen molar-refractivity contribution in [2.45, 2.75) is 45.6 Å². The third kappa shape index (κ3) is 5.68. The molecule has 3 heteroatoms. The van der Waals surface area contributed by atoms with Gasteiger partial charge in [-0.3, -0.25) is 0 Å². The molecule has 0 aromatic carbocycles. The van der Waals surface area contributed by atoms with Crippen LogP contribution in [0, 0.1) is 11.8 Å². The van der Waals surface area contributed by atoms with Gasteiger partial charge in [0.05, 0.1) is 0 Å². The van der Waals surface area contributed by atoms with E-state index in [1.807, 2.05) is 0 Å². The third-order valence-corrected chi connectivity index (χ3v) is 4.34. The van der Waals surface area contributed by atoms with Gasteiger partial charge in [-0.1, -0.05) is 13.8 Å². The van der Waals surface area contributed by atoms with Crippen LogP contribution in [-0.2, 0) is 0 Å². The van der Waals surface area contributed by atoms with Gasteiger partial charge in [-0.15, -0.1) is 0 Å². The number of rotatable bonds is 7. The van der Waals surface area contributed by atoms with Crippen LogP contribution < -0.4 is 5.73 Å². The number of nitrogens with zero attached hydrogens (tertiary/aromatic N) is 2. The van der Waals surface area contributed by atoms with Crippen LogP contribution in [0.15, 0.2) is 0 Å². The van der Waals surface area contributed by atoms with E-state index in [1.54, 1.807) is 0 Å². The van der Waals surface area contributed by atoms with E-state index >= 15 is 0 Å². The van der Waals surface area contributed by atoms with Crippen LogP contribution in [0.2, 0.25) is 0 Å². The fraction of sp³-hybridized carbons (Fsp3) is 1.00. The van der Waals surface area contributed by atoms with E-state index in [0.717, 1.165) is 18.5 Å². The van der Waals surface area contributed by atoms with Crippen LogP contribution in [0.1, 0.15) is 39.5 Å². The Labute approximate surface area is 114 Å². The van der Waals surface area contributed by atoms with Crippen molar-refractivity contribution in [2.75, 3.05) is 40.3 Å². The van der Waals surface area contributed by atoms with Gasteiger partial charge in [-0.2, -0.15) is 0 Å². The van der Waals surface area contributed by atoms with E-state index in [1.165, 1.54) is 45.3 Å². The average Bonchev–Trinajstić information content (AvgIpc) is 2.34. The average molecular weight is 255 g/mol. The van der Waals surface area contributed by atoms with Crippen molar-refractivity contribution in [1.82, 2.24) is 9.80 Å². The molecular formula is C15H33N3. The SMILES string of the molecule is CC(C)C[C@H](CN)CCN(C)C1CCN(C)CC1. The highest BCUT2D eigenvalue weighted by molar-refractivity contribution is 4.77. The van der Waals surface area contributed by atoms with Crippen LogP contribution in [0.25, 0.3) is 0 Å². The van der Waals surface area contributed by atoms with Gasteiger partial charge < -0.3 is 15.5 Å². The first-order valence-corrected chi connectivity index (χ1v) is 7.61. The molecule has 0 aromatic heterocycles. The highest BCUT2D eigenvalue weighted by Crippen LogP contribution is 2.18. The molecule has 0 aliphatic carbocycles. The summed E-state index contributed by atoms with van der Waals surface area (Å²) in [6, 6.07) is 0.790. The van der Waals surface area contributed by atoms with Gasteiger partial charge in [0.2, 0.25) is 0 Å². The summed E-state index contributed by atoms with van der Waals surface area (Å²) in [5, 5.41) is 0. The standard InChI is InChI=1S/C15H33N3/c1-13(2)11-14(12-16)5-10-18(4)15-6-8-17(3)9-7-15/h13-15H,5-12,16H2,1-4H3/t14-/m1/s1. The van der Waals surface area contributed by atoms with E-state index < -0.39 is 0 Å². The number of likely N-dealkylation sites (tertiary alicyclic amines) is 1. The molecule has 0 aromatic rings. The minimum Gasteiger partial charge on any atom is -0.330 e. The summed E-state index contributed by atoms with van der Waals surface area (Å²) >= 11 is 0. The molecule has 1 aliphatic heterocycles. The van der Waals surface area contributed by atoms with Gasteiger partial charge in [0, 0.05) is 6.04 Å². The largest absolute Gasteiger partial charge is 0.330 e. The van der Waals surface area contributed by atoms with Crippen molar-refractivity contribution in [3.8, 4) is 0 Å². The van der Waals surface area contributed by atoms with E-state index in [9.17, 15) is 0 Å². The number of hydrogen-bond acceptors (Lipinski definition) is 3. The second-order valence-corrected chi connectivity index (χ2v) is 6.54. The molecule has 1 atom stereocenters. The first kappa shape index (κ1) is 15.9. The first-order valence-electron chi connectivity index (χ1n) is 7.61. The summed E-state index contributed by atoms with van der Waals surface area (Å²) in [7, 11) is 4.52. The summed E-state index contributed by atoms with van der Waals surface area (Å²) in [6.45, 7) is 9.15. The molecule has 3 nitrogen and oxygen atoms in total. The van der Waals surface area contributed by atoms with Gasteiger partial charge in [-0.05, 0) is 77.8 Å². The minimum atomic E-state index is 0.707. The molecule has 1 heterocycles. The zero-order valence-electron chi connectivity index (χ0n) is 12.9. The zero-order valence-corrected chi connectivity index (χ0v) is 12.9. The van der Waals surface area contributed by atoms with Crippen LogP contribution >= 0.6 is 0 Å². The lowest BCUT2D eigenvalue weighted by Crippen LogP contribution is -2.42. The fourth-order valence-corrected chi connectivity index (χ4v) is 3.00. The molecule has 0 bridgehead atoms. The van der Waals surface area contributed by atoms with Crippen molar-refractivity contribution in [3.05, 3.63) is 0 Å². The van der Waals surface area contributed by atoms with E-state index in [4.69, 9.17) is 5.73 Å². The number of nitrogens with two attached hydrogens (primary N) is 1. The molecular weight excluding hydrogens is 222 g/mol. The van der Waals surface area contributed by atoms with Crippen LogP contribution in [0.5, 0.6) is 0 Å². The lowest BCUT2D eigenvalue weighted by molar-refractivity contribution is 0.137. The Kier molecular flexibility index (Phi) is 7.20.